The Morgan fingerprint density at radius 1 is 1.14 bits per heavy atom. The number of rotatable bonds is 14. The summed E-state index contributed by atoms with van der Waals surface area (Å²) in [5.74, 6) is 1.75. The lowest BCUT2D eigenvalue weighted by molar-refractivity contribution is -0.130. The van der Waals surface area contributed by atoms with E-state index in [1.165, 1.54) is 25.7 Å². The summed E-state index contributed by atoms with van der Waals surface area (Å²) in [4.78, 5) is 15.6. The van der Waals surface area contributed by atoms with E-state index in [0.29, 0.717) is 75.4 Å². The van der Waals surface area contributed by atoms with Crippen LogP contribution in [0.5, 0.6) is 0 Å². The summed E-state index contributed by atoms with van der Waals surface area (Å²) in [5, 5.41) is 27.6. The van der Waals surface area contributed by atoms with Crippen LogP contribution in [0, 0.1) is 23.7 Å². The number of fused-ring (bicyclic) bond motifs is 1. The zero-order chi connectivity index (χ0) is 29.5. The third kappa shape index (κ3) is 8.85. The molecular formula is C31H58N6O5. The van der Waals surface area contributed by atoms with Gasteiger partial charge in [-0.25, -0.2) is 0 Å². The van der Waals surface area contributed by atoms with E-state index >= 15 is 0 Å². The van der Waals surface area contributed by atoms with Crippen molar-refractivity contribution >= 4 is 5.91 Å². The van der Waals surface area contributed by atoms with E-state index in [-0.39, 0.29) is 30.3 Å². The Hall–Kier alpha value is -0.890. The smallest absolute Gasteiger partial charge is 0.223 e. The van der Waals surface area contributed by atoms with Crippen LogP contribution in [0.1, 0.15) is 65.2 Å². The lowest BCUT2D eigenvalue weighted by Crippen LogP contribution is -2.59. The molecule has 2 saturated carbocycles. The lowest BCUT2D eigenvalue weighted by atomic mass is 9.68. The van der Waals surface area contributed by atoms with Crippen LogP contribution in [-0.4, -0.2) is 118 Å². The number of ether oxygens (including phenoxy) is 3. The third-order valence-corrected chi connectivity index (χ3v) is 10.7. The fourth-order valence-corrected chi connectivity index (χ4v) is 7.75. The van der Waals surface area contributed by atoms with Crippen molar-refractivity contribution in [2.45, 2.75) is 108 Å². The van der Waals surface area contributed by atoms with Gasteiger partial charge in [0.05, 0.1) is 44.4 Å². The maximum atomic E-state index is 13.2. The fourth-order valence-electron chi connectivity index (χ4n) is 7.75. The van der Waals surface area contributed by atoms with Crippen LogP contribution in [0.2, 0.25) is 0 Å². The SMILES string of the molecule is CNCCOC1CC(C(=O)NC[C@H](O)CN2CCC3C(CCC(OCC4OCNC4C)C3C)C2)CC(NC2CCC2)N1. The van der Waals surface area contributed by atoms with Gasteiger partial charge in [0.1, 0.15) is 6.23 Å². The van der Waals surface area contributed by atoms with Gasteiger partial charge < -0.3 is 34.9 Å². The number of likely N-dealkylation sites (tertiary alicyclic amines) is 1. The summed E-state index contributed by atoms with van der Waals surface area (Å²) in [7, 11) is 1.91. The number of hydrogen-bond donors (Lipinski definition) is 6. The Bertz CT molecular complexity index is 836. The number of aliphatic hydroxyl groups is 1. The van der Waals surface area contributed by atoms with Crippen molar-refractivity contribution in [1.82, 2.24) is 31.5 Å². The molecule has 0 aromatic carbocycles. The highest BCUT2D eigenvalue weighted by atomic mass is 16.6. The van der Waals surface area contributed by atoms with Crippen molar-refractivity contribution in [3.63, 3.8) is 0 Å². The fraction of sp³-hybridized carbons (Fsp3) is 0.968. The number of carbonyl (C=O) groups excluding carboxylic acids is 1. The van der Waals surface area contributed by atoms with E-state index in [1.54, 1.807) is 0 Å². The predicted octanol–water partition coefficient (Wildman–Crippen LogP) is 0.581. The molecule has 10 atom stereocenters. The molecule has 0 aromatic rings. The van der Waals surface area contributed by atoms with Crippen LogP contribution in [0.3, 0.4) is 0 Å². The first-order valence-corrected chi connectivity index (χ1v) is 16.8. The highest BCUT2D eigenvalue weighted by molar-refractivity contribution is 5.78. The molecule has 0 bridgehead atoms. The first-order chi connectivity index (χ1) is 20.4. The average molecular weight is 595 g/mol. The Morgan fingerprint density at radius 3 is 2.74 bits per heavy atom. The number of piperidine rings is 2. The van der Waals surface area contributed by atoms with Gasteiger partial charge in [0.2, 0.25) is 5.91 Å². The van der Waals surface area contributed by atoms with Crippen molar-refractivity contribution in [2.24, 2.45) is 23.7 Å². The van der Waals surface area contributed by atoms with Gasteiger partial charge in [-0.15, -0.1) is 0 Å². The van der Waals surface area contributed by atoms with Crippen LogP contribution < -0.4 is 26.6 Å². The number of nitrogens with zero attached hydrogens (tertiary/aromatic N) is 1. The molecule has 6 N–H and O–H groups in total. The predicted molar refractivity (Wildman–Crippen MR) is 162 cm³/mol. The highest BCUT2D eigenvalue weighted by Crippen LogP contribution is 2.41. The second-order valence-electron chi connectivity index (χ2n) is 13.7. The van der Waals surface area contributed by atoms with Crippen LogP contribution >= 0.6 is 0 Å². The summed E-state index contributed by atoms with van der Waals surface area (Å²) in [6.07, 6.45) is 8.28. The van der Waals surface area contributed by atoms with Crippen molar-refractivity contribution in [1.29, 1.82) is 0 Å². The monoisotopic (exact) mass is 594 g/mol. The van der Waals surface area contributed by atoms with E-state index in [4.69, 9.17) is 14.2 Å². The Kier molecular flexibility index (Phi) is 12.3. The molecule has 3 aliphatic heterocycles. The van der Waals surface area contributed by atoms with Gasteiger partial charge in [0.25, 0.3) is 0 Å². The van der Waals surface area contributed by atoms with Crippen molar-refractivity contribution in [2.75, 3.05) is 59.7 Å². The minimum absolute atomic E-state index is 0.0252. The number of hydrogen-bond acceptors (Lipinski definition) is 10. The zero-order valence-electron chi connectivity index (χ0n) is 26.2. The number of likely N-dealkylation sites (N-methyl/N-ethyl adjacent to an activating group) is 1. The molecule has 0 spiro atoms. The summed E-state index contributed by atoms with van der Waals surface area (Å²) < 4.78 is 18.2. The van der Waals surface area contributed by atoms with Crippen LogP contribution in [0.15, 0.2) is 0 Å². The standard InChI is InChI=1S/C31H58N6O5/c1-20-26-9-11-37(16-22(26)7-8-27(20)41-18-28-21(2)34-19-42-28)17-25(38)15-33-31(39)23-13-29(35-24-5-4-6-24)36-30(14-23)40-12-10-32-3/h20-30,32,34-36,38H,4-19H2,1-3H3,(H,33,39)/t20?,21?,22?,23?,25-,26?,27?,28?,29?,30?/m0/s1. The molecular weight excluding hydrogens is 536 g/mol. The van der Waals surface area contributed by atoms with Crippen molar-refractivity contribution in [3.8, 4) is 0 Å². The minimum Gasteiger partial charge on any atom is -0.390 e. The first kappa shape index (κ1) is 32.5. The quantitative estimate of drug-likeness (QED) is 0.159. The highest BCUT2D eigenvalue weighted by Gasteiger charge is 2.41. The number of amides is 1. The second-order valence-corrected chi connectivity index (χ2v) is 13.7. The minimum atomic E-state index is -0.571. The molecule has 2 aliphatic carbocycles. The number of carbonyl (C=O) groups is 1. The topological polar surface area (TPSA) is 128 Å². The maximum Gasteiger partial charge on any atom is 0.223 e. The molecule has 9 unspecified atom stereocenters. The van der Waals surface area contributed by atoms with Gasteiger partial charge in [-0.2, -0.15) is 0 Å². The molecule has 11 heteroatoms. The largest absolute Gasteiger partial charge is 0.390 e. The van der Waals surface area contributed by atoms with Crippen LogP contribution in [-0.2, 0) is 19.0 Å². The molecule has 3 heterocycles. The van der Waals surface area contributed by atoms with E-state index in [9.17, 15) is 9.90 Å². The molecule has 5 rings (SSSR count). The number of nitrogens with one attached hydrogen (secondary N) is 5. The molecule has 0 aromatic heterocycles. The Balaban J connectivity index is 1.02. The first-order valence-electron chi connectivity index (χ1n) is 16.8. The molecule has 5 aliphatic rings. The van der Waals surface area contributed by atoms with Gasteiger partial charge in [-0.3, -0.25) is 20.7 Å². The summed E-state index contributed by atoms with van der Waals surface area (Å²) in [6.45, 7) is 10.1. The van der Waals surface area contributed by atoms with Crippen molar-refractivity contribution in [3.05, 3.63) is 0 Å². The maximum absolute atomic E-state index is 13.2. The molecule has 5 fully saturated rings. The van der Waals surface area contributed by atoms with Gasteiger partial charge >= 0.3 is 0 Å². The third-order valence-electron chi connectivity index (χ3n) is 10.7. The second kappa shape index (κ2) is 15.9. The summed E-state index contributed by atoms with van der Waals surface area (Å²) >= 11 is 0. The lowest BCUT2D eigenvalue weighted by Gasteiger charge is -2.47. The van der Waals surface area contributed by atoms with E-state index < -0.39 is 6.10 Å². The van der Waals surface area contributed by atoms with Gasteiger partial charge in [0.15, 0.2) is 0 Å². The molecule has 11 nitrogen and oxygen atoms in total. The molecule has 1 amide bonds. The normalized spacial score (nSPS) is 38.5. The number of aliphatic hydroxyl groups excluding tert-OH is 1. The summed E-state index contributed by atoms with van der Waals surface area (Å²) in [5.41, 5.74) is 0. The van der Waals surface area contributed by atoms with E-state index in [2.05, 4.69) is 45.3 Å². The average Bonchev–Trinajstić information content (AvgIpc) is 3.37. The zero-order valence-corrected chi connectivity index (χ0v) is 26.2. The Morgan fingerprint density at radius 2 is 2.00 bits per heavy atom. The van der Waals surface area contributed by atoms with Crippen molar-refractivity contribution < 1.29 is 24.1 Å². The Labute approximate surface area is 252 Å². The van der Waals surface area contributed by atoms with E-state index in [0.717, 1.165) is 38.9 Å². The van der Waals surface area contributed by atoms with E-state index in [1.807, 2.05) is 7.05 Å². The number of β-amino-alcohol motifs (C(OH)–C–C–N with tert-alkyl or cyclic N) is 1. The molecule has 242 valence electrons. The molecule has 42 heavy (non-hydrogen) atoms. The molecule has 3 saturated heterocycles. The van der Waals surface area contributed by atoms with Gasteiger partial charge in [0, 0.05) is 44.2 Å². The van der Waals surface area contributed by atoms with Gasteiger partial charge in [-0.05, 0) is 83.2 Å². The van der Waals surface area contributed by atoms with Crippen LogP contribution in [0.25, 0.3) is 0 Å². The van der Waals surface area contributed by atoms with Gasteiger partial charge in [-0.1, -0.05) is 13.3 Å². The van der Waals surface area contributed by atoms with Crippen LogP contribution in [0.4, 0.5) is 0 Å². The molecule has 0 radical (unpaired) electrons. The summed E-state index contributed by atoms with van der Waals surface area (Å²) in [6, 6.07) is 0.882.